The van der Waals surface area contributed by atoms with Gasteiger partial charge in [-0.25, -0.2) is 0 Å². The number of aryl methyl sites for hydroxylation is 1. The second-order valence-corrected chi connectivity index (χ2v) is 6.43. The number of nitrogens with one attached hydrogen (secondary N) is 2. The second kappa shape index (κ2) is 8.31. The van der Waals surface area contributed by atoms with Gasteiger partial charge in [0.2, 0.25) is 0 Å². The monoisotopic (exact) mass is 300 g/mol. The summed E-state index contributed by atoms with van der Waals surface area (Å²) in [7, 11) is -0.0205. The van der Waals surface area contributed by atoms with Gasteiger partial charge in [-0.2, -0.15) is 17.4 Å². The molecule has 0 aromatic carbocycles. The van der Waals surface area contributed by atoms with Crippen molar-refractivity contribution in [3.8, 4) is 0 Å². The van der Waals surface area contributed by atoms with Crippen LogP contribution < -0.4 is 10.0 Å². The molecule has 0 radical (unpaired) electrons. The summed E-state index contributed by atoms with van der Waals surface area (Å²) >= 11 is 0. The number of aromatic nitrogens is 1. The number of hydrogen-bond donors (Lipinski definition) is 2. The highest BCUT2D eigenvalue weighted by Crippen LogP contribution is 2.07. The fraction of sp³-hybridized carbons (Fsp3) is 0.615. The van der Waals surface area contributed by atoms with Crippen molar-refractivity contribution in [3.63, 3.8) is 0 Å². The van der Waals surface area contributed by atoms with Crippen LogP contribution in [0, 0.1) is 0 Å². The first-order valence-corrected chi connectivity index (χ1v) is 8.23. The summed E-state index contributed by atoms with van der Waals surface area (Å²) in [5.41, 5.74) is 1.84. The van der Waals surface area contributed by atoms with Crippen molar-refractivity contribution < 1.29 is 8.42 Å². The van der Waals surface area contributed by atoms with Crippen LogP contribution in [-0.2, 0) is 23.2 Å². The van der Waals surface area contributed by atoms with Gasteiger partial charge in [0.05, 0.1) is 12.2 Å². The predicted molar refractivity (Wildman–Crippen MR) is 80.5 cm³/mol. The summed E-state index contributed by atoms with van der Waals surface area (Å²) in [5, 5.41) is 3.00. The third kappa shape index (κ3) is 5.16. The minimum Gasteiger partial charge on any atom is -0.320 e. The lowest BCUT2D eigenvalue weighted by Gasteiger charge is -2.18. The predicted octanol–water partition coefficient (Wildman–Crippen LogP) is 0.520. The van der Waals surface area contributed by atoms with Gasteiger partial charge in [0.15, 0.2) is 0 Å². The van der Waals surface area contributed by atoms with Gasteiger partial charge in [0.25, 0.3) is 10.2 Å². The largest absolute Gasteiger partial charge is 0.320 e. The molecule has 7 heteroatoms. The molecule has 0 amide bonds. The van der Waals surface area contributed by atoms with E-state index in [1.165, 1.54) is 4.31 Å². The first-order valence-electron chi connectivity index (χ1n) is 6.79. The van der Waals surface area contributed by atoms with E-state index in [0.717, 1.165) is 30.6 Å². The van der Waals surface area contributed by atoms with Gasteiger partial charge in [-0.3, -0.25) is 4.98 Å². The molecule has 2 N–H and O–H groups in total. The molecule has 0 saturated heterocycles. The Morgan fingerprint density at radius 2 is 2.15 bits per heavy atom. The zero-order chi connectivity index (χ0) is 15.0. The Labute approximate surface area is 121 Å². The van der Waals surface area contributed by atoms with E-state index in [9.17, 15) is 8.42 Å². The molecule has 20 heavy (non-hydrogen) atoms. The molecular formula is C13H24N4O2S. The SMILES string of the molecule is CCc1cccnc1CNS(=O)(=O)N(C)CCCNC. The van der Waals surface area contributed by atoms with E-state index in [4.69, 9.17) is 0 Å². The fourth-order valence-corrected chi connectivity index (χ4v) is 2.73. The van der Waals surface area contributed by atoms with Gasteiger partial charge in [0, 0.05) is 19.8 Å². The lowest BCUT2D eigenvalue weighted by atomic mass is 10.1. The molecule has 1 aromatic rings. The van der Waals surface area contributed by atoms with Gasteiger partial charge in [-0.1, -0.05) is 13.0 Å². The average molecular weight is 300 g/mol. The molecule has 1 rings (SSSR count). The smallest absolute Gasteiger partial charge is 0.279 e. The number of pyridine rings is 1. The normalized spacial score (nSPS) is 12.0. The lowest BCUT2D eigenvalue weighted by molar-refractivity contribution is 0.447. The van der Waals surface area contributed by atoms with Gasteiger partial charge in [-0.05, 0) is 38.1 Å². The van der Waals surface area contributed by atoms with Crippen LogP contribution in [0.5, 0.6) is 0 Å². The van der Waals surface area contributed by atoms with E-state index in [1.54, 1.807) is 13.2 Å². The molecule has 0 fully saturated rings. The minimum atomic E-state index is -3.45. The highest BCUT2D eigenvalue weighted by Gasteiger charge is 2.17. The molecule has 0 spiro atoms. The lowest BCUT2D eigenvalue weighted by Crippen LogP contribution is -2.39. The Bertz CT molecular complexity index is 505. The molecule has 0 aliphatic carbocycles. The van der Waals surface area contributed by atoms with Gasteiger partial charge in [0.1, 0.15) is 0 Å². The Morgan fingerprint density at radius 1 is 1.40 bits per heavy atom. The molecule has 0 aliphatic rings. The first-order chi connectivity index (χ1) is 9.51. The van der Waals surface area contributed by atoms with E-state index in [-0.39, 0.29) is 6.54 Å². The van der Waals surface area contributed by atoms with Gasteiger partial charge < -0.3 is 5.32 Å². The van der Waals surface area contributed by atoms with E-state index in [2.05, 4.69) is 15.0 Å². The van der Waals surface area contributed by atoms with E-state index in [0.29, 0.717) is 6.54 Å². The standard InChI is InChI=1S/C13H24N4O2S/c1-4-12-7-5-9-15-13(12)11-16-20(18,19)17(3)10-6-8-14-2/h5,7,9,14,16H,4,6,8,10-11H2,1-3H3. The van der Waals surface area contributed by atoms with Crippen molar-refractivity contribution >= 4 is 10.2 Å². The summed E-state index contributed by atoms with van der Waals surface area (Å²) in [4.78, 5) is 4.23. The first kappa shape index (κ1) is 17.0. The highest BCUT2D eigenvalue weighted by molar-refractivity contribution is 7.87. The van der Waals surface area contributed by atoms with Crippen molar-refractivity contribution in [3.05, 3.63) is 29.6 Å². The molecule has 0 bridgehead atoms. The van der Waals surface area contributed by atoms with Gasteiger partial charge in [-0.15, -0.1) is 0 Å². The van der Waals surface area contributed by atoms with Crippen molar-refractivity contribution in [2.24, 2.45) is 0 Å². The molecule has 1 aromatic heterocycles. The minimum absolute atomic E-state index is 0.225. The van der Waals surface area contributed by atoms with Crippen LogP contribution in [0.1, 0.15) is 24.6 Å². The maximum atomic E-state index is 12.1. The Balaban J connectivity index is 2.58. The molecule has 0 unspecified atom stereocenters. The molecule has 0 saturated carbocycles. The highest BCUT2D eigenvalue weighted by atomic mass is 32.2. The molecule has 6 nitrogen and oxygen atoms in total. The summed E-state index contributed by atoms with van der Waals surface area (Å²) in [5.74, 6) is 0. The van der Waals surface area contributed by atoms with Crippen molar-refractivity contribution in [2.75, 3.05) is 27.2 Å². The Morgan fingerprint density at radius 3 is 2.80 bits per heavy atom. The van der Waals surface area contributed by atoms with Crippen LogP contribution in [0.3, 0.4) is 0 Å². The zero-order valence-electron chi connectivity index (χ0n) is 12.4. The molecule has 1 heterocycles. The number of rotatable bonds is 9. The van der Waals surface area contributed by atoms with Crippen LogP contribution in [0.2, 0.25) is 0 Å². The maximum Gasteiger partial charge on any atom is 0.279 e. The summed E-state index contributed by atoms with van der Waals surface area (Å²) in [6.07, 6.45) is 3.29. The zero-order valence-corrected chi connectivity index (χ0v) is 13.2. The van der Waals surface area contributed by atoms with Crippen molar-refractivity contribution in [2.45, 2.75) is 26.3 Å². The van der Waals surface area contributed by atoms with Crippen molar-refractivity contribution in [1.82, 2.24) is 19.3 Å². The number of nitrogens with zero attached hydrogens (tertiary/aromatic N) is 2. The van der Waals surface area contributed by atoms with Crippen LogP contribution >= 0.6 is 0 Å². The quantitative estimate of drug-likeness (QED) is 0.652. The molecule has 0 atom stereocenters. The van der Waals surface area contributed by atoms with Gasteiger partial charge >= 0.3 is 0 Å². The average Bonchev–Trinajstić information content (AvgIpc) is 2.45. The third-order valence-electron chi connectivity index (χ3n) is 3.10. The summed E-state index contributed by atoms with van der Waals surface area (Å²) in [6.45, 7) is 3.53. The Kier molecular flexibility index (Phi) is 7.08. The topological polar surface area (TPSA) is 74.3 Å². The maximum absolute atomic E-state index is 12.1. The summed E-state index contributed by atoms with van der Waals surface area (Å²) in [6, 6.07) is 3.83. The summed E-state index contributed by atoms with van der Waals surface area (Å²) < 4.78 is 28.1. The fourth-order valence-electron chi connectivity index (χ4n) is 1.82. The third-order valence-corrected chi connectivity index (χ3v) is 4.61. The van der Waals surface area contributed by atoms with Crippen LogP contribution in [0.15, 0.2) is 18.3 Å². The van der Waals surface area contributed by atoms with Crippen LogP contribution in [0.25, 0.3) is 0 Å². The molecule has 0 aliphatic heterocycles. The number of hydrogen-bond acceptors (Lipinski definition) is 4. The Hall–Kier alpha value is -1.02. The van der Waals surface area contributed by atoms with Crippen LogP contribution in [0.4, 0.5) is 0 Å². The van der Waals surface area contributed by atoms with Crippen molar-refractivity contribution in [1.29, 1.82) is 0 Å². The van der Waals surface area contributed by atoms with E-state index in [1.807, 2.05) is 26.1 Å². The van der Waals surface area contributed by atoms with E-state index < -0.39 is 10.2 Å². The van der Waals surface area contributed by atoms with Crippen LogP contribution in [-0.4, -0.2) is 44.9 Å². The van der Waals surface area contributed by atoms with E-state index >= 15 is 0 Å². The molecule has 114 valence electrons. The second-order valence-electron chi connectivity index (χ2n) is 4.57. The molecular weight excluding hydrogens is 276 g/mol.